The molecule has 2 fully saturated rings. The van der Waals surface area contributed by atoms with Crippen LogP contribution in [-0.4, -0.2) is 48.4 Å². The van der Waals surface area contributed by atoms with Crippen molar-refractivity contribution in [1.82, 2.24) is 9.21 Å². The first-order chi connectivity index (χ1) is 17.9. The fourth-order valence-corrected chi connectivity index (χ4v) is 7.63. The summed E-state index contributed by atoms with van der Waals surface area (Å²) in [5.41, 5.74) is 1.36. The van der Waals surface area contributed by atoms with Gasteiger partial charge in [-0.3, -0.25) is 4.79 Å². The van der Waals surface area contributed by atoms with Crippen LogP contribution in [0.15, 0.2) is 61.2 Å². The highest BCUT2D eigenvalue weighted by atomic mass is 35.5. The smallest absolute Gasteiger partial charge is 0.229 e. The molecule has 2 aromatic carbocycles. The number of halogens is 2. The van der Waals surface area contributed by atoms with Crippen LogP contribution in [-0.2, 0) is 14.8 Å². The van der Waals surface area contributed by atoms with E-state index in [2.05, 4.69) is 12.6 Å². The standard InChI is InChI=1S/C30H38Cl2N2O3S/c1-6-16-30(4)18-26(23-8-7-9-25(32)17-23)28(22-12-14-24(31)15-13-22)34(29(30)35)27(21-10-11-21)19-33(20(2)3)38(5,36)37/h6-9,12-15,17,20-21,26-28H,1,10-11,16,18-19H2,2-5H3/t26?,27-,28-,30+/m1/s1. The van der Waals surface area contributed by atoms with Crippen molar-refractivity contribution < 1.29 is 13.2 Å². The van der Waals surface area contributed by atoms with Crippen molar-refractivity contribution in [2.45, 2.75) is 70.5 Å². The van der Waals surface area contributed by atoms with E-state index < -0.39 is 15.4 Å². The van der Waals surface area contributed by atoms with Crippen molar-refractivity contribution >= 4 is 39.1 Å². The summed E-state index contributed by atoms with van der Waals surface area (Å²) < 4.78 is 27.2. The Morgan fingerprint density at radius 2 is 1.76 bits per heavy atom. The van der Waals surface area contributed by atoms with Crippen LogP contribution in [0.1, 0.15) is 69.5 Å². The molecular weight excluding hydrogens is 539 g/mol. The van der Waals surface area contributed by atoms with Gasteiger partial charge in [0.15, 0.2) is 0 Å². The van der Waals surface area contributed by atoms with Crippen LogP contribution in [0.25, 0.3) is 0 Å². The summed E-state index contributed by atoms with van der Waals surface area (Å²) in [6.07, 6.45) is 6.16. The average molecular weight is 578 g/mol. The molecule has 1 aliphatic heterocycles. The van der Waals surface area contributed by atoms with Crippen molar-refractivity contribution in [2.24, 2.45) is 11.3 Å². The lowest BCUT2D eigenvalue weighted by Crippen LogP contribution is -2.59. The summed E-state index contributed by atoms with van der Waals surface area (Å²) in [7, 11) is -3.47. The van der Waals surface area contributed by atoms with E-state index in [4.69, 9.17) is 23.2 Å². The molecule has 4 rings (SSSR count). The predicted octanol–water partition coefficient (Wildman–Crippen LogP) is 7.08. The molecular formula is C30H38Cl2N2O3S. The Morgan fingerprint density at radius 3 is 2.29 bits per heavy atom. The molecule has 0 bridgehead atoms. The molecule has 1 saturated carbocycles. The number of hydrogen-bond donors (Lipinski definition) is 0. The zero-order chi connectivity index (χ0) is 27.8. The SMILES string of the molecule is C=CC[C@@]1(C)CC(c2cccc(Cl)c2)[C@@H](c2ccc(Cl)cc2)N([C@H](CN(C(C)C)S(C)(=O)=O)C2CC2)C1=O. The summed E-state index contributed by atoms with van der Waals surface area (Å²) in [5, 5.41) is 1.27. The summed E-state index contributed by atoms with van der Waals surface area (Å²) in [6, 6.07) is 14.8. The van der Waals surface area contributed by atoms with E-state index in [1.165, 1.54) is 10.6 Å². The number of sulfonamides is 1. The number of nitrogens with zero attached hydrogens (tertiary/aromatic N) is 2. The largest absolute Gasteiger partial charge is 0.330 e. The Hall–Kier alpha value is -1.86. The number of allylic oxidation sites excluding steroid dienone is 1. The van der Waals surface area contributed by atoms with Crippen LogP contribution in [0.3, 0.4) is 0 Å². The molecule has 5 nitrogen and oxygen atoms in total. The van der Waals surface area contributed by atoms with Gasteiger partial charge in [-0.05, 0) is 80.8 Å². The summed E-state index contributed by atoms with van der Waals surface area (Å²) in [6.45, 7) is 10.0. The molecule has 1 heterocycles. The van der Waals surface area contributed by atoms with E-state index in [9.17, 15) is 13.2 Å². The molecule has 0 N–H and O–H groups in total. The third kappa shape index (κ3) is 6.14. The van der Waals surface area contributed by atoms with Crippen LogP contribution in [0.4, 0.5) is 0 Å². The Kier molecular flexibility index (Phi) is 8.68. The van der Waals surface area contributed by atoms with Crippen molar-refractivity contribution in [2.75, 3.05) is 12.8 Å². The molecule has 38 heavy (non-hydrogen) atoms. The first-order valence-corrected chi connectivity index (χ1v) is 15.9. The second-order valence-corrected chi connectivity index (χ2v) is 14.3. The van der Waals surface area contributed by atoms with Crippen molar-refractivity contribution in [3.63, 3.8) is 0 Å². The van der Waals surface area contributed by atoms with Gasteiger partial charge in [0.25, 0.3) is 0 Å². The molecule has 1 saturated heterocycles. The number of likely N-dealkylation sites (tertiary alicyclic amines) is 1. The van der Waals surface area contributed by atoms with E-state index in [-0.39, 0.29) is 42.4 Å². The summed E-state index contributed by atoms with van der Waals surface area (Å²) in [5.74, 6) is 0.233. The normalized spacial score (nSPS) is 25.2. The molecule has 2 aliphatic rings. The number of amides is 1. The fraction of sp³-hybridized carbons (Fsp3) is 0.500. The lowest BCUT2D eigenvalue weighted by molar-refractivity contribution is -0.155. The predicted molar refractivity (Wildman–Crippen MR) is 156 cm³/mol. The second kappa shape index (κ2) is 11.3. The number of hydrogen-bond acceptors (Lipinski definition) is 3. The van der Waals surface area contributed by atoms with Gasteiger partial charge in [0.1, 0.15) is 0 Å². The lowest BCUT2D eigenvalue weighted by atomic mass is 9.67. The summed E-state index contributed by atoms with van der Waals surface area (Å²) in [4.78, 5) is 16.6. The van der Waals surface area contributed by atoms with Gasteiger partial charge in [0.05, 0.1) is 17.7 Å². The monoisotopic (exact) mass is 576 g/mol. The van der Waals surface area contributed by atoms with E-state index >= 15 is 0 Å². The minimum absolute atomic E-state index is 0.0461. The van der Waals surface area contributed by atoms with Crippen LogP contribution in [0.5, 0.6) is 0 Å². The highest BCUT2D eigenvalue weighted by Crippen LogP contribution is 2.54. The number of carbonyl (C=O) groups excluding carboxylic acids is 1. The third-order valence-corrected chi connectivity index (χ3v) is 9.99. The van der Waals surface area contributed by atoms with Gasteiger partial charge in [-0.15, -0.1) is 6.58 Å². The van der Waals surface area contributed by atoms with Crippen molar-refractivity contribution in [1.29, 1.82) is 0 Å². The topological polar surface area (TPSA) is 57.7 Å². The lowest BCUT2D eigenvalue weighted by Gasteiger charge is -2.53. The highest BCUT2D eigenvalue weighted by molar-refractivity contribution is 7.88. The molecule has 206 valence electrons. The van der Waals surface area contributed by atoms with Crippen molar-refractivity contribution in [3.05, 3.63) is 82.4 Å². The molecule has 0 aromatic heterocycles. The van der Waals surface area contributed by atoms with Gasteiger partial charge < -0.3 is 4.90 Å². The van der Waals surface area contributed by atoms with Gasteiger partial charge in [-0.1, -0.05) is 60.5 Å². The molecule has 2 aromatic rings. The van der Waals surface area contributed by atoms with Crippen LogP contribution >= 0.6 is 23.2 Å². The molecule has 8 heteroatoms. The van der Waals surface area contributed by atoms with Gasteiger partial charge in [0.2, 0.25) is 15.9 Å². The Labute approximate surface area is 237 Å². The maximum Gasteiger partial charge on any atom is 0.229 e. The second-order valence-electron chi connectivity index (χ2n) is 11.5. The van der Waals surface area contributed by atoms with Crippen molar-refractivity contribution in [3.8, 4) is 0 Å². The van der Waals surface area contributed by atoms with E-state index in [1.807, 2.05) is 74.2 Å². The molecule has 1 unspecified atom stereocenters. The van der Waals surface area contributed by atoms with Crippen LogP contribution < -0.4 is 0 Å². The van der Waals surface area contributed by atoms with Gasteiger partial charge >= 0.3 is 0 Å². The minimum atomic E-state index is -3.47. The average Bonchev–Trinajstić information content (AvgIpc) is 3.67. The molecule has 1 aliphatic carbocycles. The van der Waals surface area contributed by atoms with E-state index in [1.54, 1.807) is 0 Å². The molecule has 0 radical (unpaired) electrons. The quantitative estimate of drug-likeness (QED) is 0.284. The summed E-state index contributed by atoms with van der Waals surface area (Å²) >= 11 is 12.7. The minimum Gasteiger partial charge on any atom is -0.330 e. The van der Waals surface area contributed by atoms with Crippen LogP contribution in [0, 0.1) is 11.3 Å². The van der Waals surface area contributed by atoms with Crippen LogP contribution in [0.2, 0.25) is 10.0 Å². The van der Waals surface area contributed by atoms with Gasteiger partial charge in [-0.25, -0.2) is 8.42 Å². The molecule has 4 atom stereocenters. The zero-order valence-corrected chi connectivity index (χ0v) is 24.9. The molecule has 1 amide bonds. The number of benzene rings is 2. The number of rotatable bonds is 10. The number of piperidine rings is 1. The first kappa shape index (κ1) is 29.1. The Morgan fingerprint density at radius 1 is 1.11 bits per heavy atom. The maximum atomic E-state index is 14.6. The van der Waals surface area contributed by atoms with Gasteiger partial charge in [-0.2, -0.15) is 4.31 Å². The van der Waals surface area contributed by atoms with Gasteiger partial charge in [0, 0.05) is 34.6 Å². The van der Waals surface area contributed by atoms with E-state index in [0.29, 0.717) is 22.9 Å². The number of carbonyl (C=O) groups is 1. The third-order valence-electron chi connectivity index (χ3n) is 8.08. The Bertz CT molecular complexity index is 1280. The maximum absolute atomic E-state index is 14.6. The Balaban J connectivity index is 1.92. The highest BCUT2D eigenvalue weighted by Gasteiger charge is 2.54. The zero-order valence-electron chi connectivity index (χ0n) is 22.6. The first-order valence-electron chi connectivity index (χ1n) is 13.3. The molecule has 0 spiro atoms. The fourth-order valence-electron chi connectivity index (χ4n) is 6.11. The van der Waals surface area contributed by atoms with E-state index in [0.717, 1.165) is 24.0 Å².